The van der Waals surface area contributed by atoms with Gasteiger partial charge in [0, 0.05) is 18.7 Å². The van der Waals surface area contributed by atoms with Crippen molar-refractivity contribution in [3.63, 3.8) is 0 Å². The molecule has 0 bridgehead atoms. The van der Waals surface area contributed by atoms with Crippen molar-refractivity contribution in [3.8, 4) is 0 Å². The molecule has 2 amide bonds. The van der Waals surface area contributed by atoms with E-state index >= 15 is 0 Å². The number of amides is 2. The molecule has 0 atom stereocenters. The molecule has 1 fully saturated rings. The van der Waals surface area contributed by atoms with E-state index in [0.29, 0.717) is 34.2 Å². The fourth-order valence-corrected chi connectivity index (χ4v) is 4.55. The standard InChI is InChI=1S/C24H24N2O4S2/c1-3-17-7-4-5-8-19(17)25-21(27)9-6-14-26-22(28)20(32-24(26)31)15-16-10-12-18(13-11-16)23(29)30-2/h4-5,7-8,10-13,15H,3,6,9,14H2,1-2H3,(H,25,27)/b20-15-. The van der Waals surface area contributed by atoms with Crippen molar-refractivity contribution in [1.82, 2.24) is 4.90 Å². The van der Waals surface area contributed by atoms with Crippen LogP contribution in [0.5, 0.6) is 0 Å². The van der Waals surface area contributed by atoms with Crippen molar-refractivity contribution in [1.29, 1.82) is 0 Å². The van der Waals surface area contributed by atoms with Gasteiger partial charge in [-0.05, 0) is 48.2 Å². The largest absolute Gasteiger partial charge is 0.465 e. The number of ether oxygens (including phenoxy) is 1. The minimum atomic E-state index is -0.412. The summed E-state index contributed by atoms with van der Waals surface area (Å²) >= 11 is 6.60. The Morgan fingerprint density at radius 2 is 1.88 bits per heavy atom. The molecular weight excluding hydrogens is 444 g/mol. The normalized spacial score (nSPS) is 14.7. The molecule has 32 heavy (non-hydrogen) atoms. The first-order valence-electron chi connectivity index (χ1n) is 10.2. The van der Waals surface area contributed by atoms with Crippen molar-refractivity contribution in [2.45, 2.75) is 26.2 Å². The maximum Gasteiger partial charge on any atom is 0.337 e. The molecule has 1 aliphatic heterocycles. The van der Waals surface area contributed by atoms with E-state index in [-0.39, 0.29) is 11.8 Å². The molecule has 1 saturated heterocycles. The third-order valence-electron chi connectivity index (χ3n) is 4.96. The second-order valence-electron chi connectivity index (χ2n) is 7.11. The quantitative estimate of drug-likeness (QED) is 0.345. The van der Waals surface area contributed by atoms with E-state index < -0.39 is 5.97 Å². The molecule has 1 aliphatic rings. The van der Waals surface area contributed by atoms with Crippen molar-refractivity contribution < 1.29 is 19.1 Å². The Morgan fingerprint density at radius 1 is 1.16 bits per heavy atom. The van der Waals surface area contributed by atoms with Gasteiger partial charge >= 0.3 is 5.97 Å². The Bertz CT molecular complexity index is 1060. The Balaban J connectivity index is 1.55. The average Bonchev–Trinajstić information content (AvgIpc) is 3.06. The minimum absolute atomic E-state index is 0.0856. The number of hydrogen-bond donors (Lipinski definition) is 1. The summed E-state index contributed by atoms with van der Waals surface area (Å²) in [4.78, 5) is 38.7. The highest BCUT2D eigenvalue weighted by Gasteiger charge is 2.31. The Labute approximate surface area is 197 Å². The van der Waals surface area contributed by atoms with Crippen LogP contribution in [0.1, 0.15) is 41.3 Å². The van der Waals surface area contributed by atoms with E-state index in [1.807, 2.05) is 31.2 Å². The monoisotopic (exact) mass is 468 g/mol. The molecule has 0 radical (unpaired) electrons. The van der Waals surface area contributed by atoms with Gasteiger partial charge in [-0.15, -0.1) is 0 Å². The summed E-state index contributed by atoms with van der Waals surface area (Å²) in [6.07, 6.45) is 3.39. The van der Waals surface area contributed by atoms with Crippen LogP contribution in [-0.2, 0) is 20.7 Å². The first-order valence-corrected chi connectivity index (χ1v) is 11.5. The summed E-state index contributed by atoms with van der Waals surface area (Å²) in [5, 5.41) is 2.94. The maximum atomic E-state index is 12.8. The predicted molar refractivity (Wildman–Crippen MR) is 131 cm³/mol. The molecule has 1 heterocycles. The van der Waals surface area contributed by atoms with Crippen molar-refractivity contribution in [3.05, 3.63) is 70.1 Å². The Hall–Kier alpha value is -2.97. The SMILES string of the molecule is CCc1ccccc1NC(=O)CCCN1C(=O)/C(=C/c2ccc(C(=O)OC)cc2)SC1=S. The molecule has 8 heteroatoms. The van der Waals surface area contributed by atoms with Gasteiger partial charge in [-0.25, -0.2) is 4.79 Å². The Kier molecular flexibility index (Phi) is 8.19. The van der Waals surface area contributed by atoms with Crippen molar-refractivity contribution >= 4 is 57.8 Å². The number of anilines is 1. The van der Waals surface area contributed by atoms with Crippen LogP contribution in [0.15, 0.2) is 53.4 Å². The molecule has 2 aromatic carbocycles. The number of hydrogen-bond acceptors (Lipinski definition) is 6. The minimum Gasteiger partial charge on any atom is -0.465 e. The first-order chi connectivity index (χ1) is 15.4. The molecule has 3 rings (SSSR count). The number of para-hydroxylation sites is 1. The molecule has 166 valence electrons. The summed E-state index contributed by atoms with van der Waals surface area (Å²) in [6.45, 7) is 2.42. The topological polar surface area (TPSA) is 75.7 Å². The zero-order valence-corrected chi connectivity index (χ0v) is 19.6. The summed E-state index contributed by atoms with van der Waals surface area (Å²) in [5.74, 6) is -0.670. The van der Waals surface area contributed by atoms with Gasteiger partial charge < -0.3 is 10.1 Å². The fourth-order valence-electron chi connectivity index (χ4n) is 3.24. The molecule has 6 nitrogen and oxygen atoms in total. The van der Waals surface area contributed by atoms with Crippen LogP contribution in [0.3, 0.4) is 0 Å². The molecule has 0 saturated carbocycles. The van der Waals surface area contributed by atoms with Gasteiger partial charge in [0.2, 0.25) is 5.91 Å². The maximum absolute atomic E-state index is 12.8. The summed E-state index contributed by atoms with van der Waals surface area (Å²) < 4.78 is 5.17. The van der Waals surface area contributed by atoms with Crippen LogP contribution in [0, 0.1) is 0 Å². The summed E-state index contributed by atoms with van der Waals surface area (Å²) in [7, 11) is 1.33. The van der Waals surface area contributed by atoms with E-state index in [1.165, 1.54) is 23.8 Å². The summed E-state index contributed by atoms with van der Waals surface area (Å²) in [5.41, 5.74) is 3.14. The van der Waals surface area contributed by atoms with Crippen LogP contribution in [-0.4, -0.2) is 40.7 Å². The number of carbonyl (C=O) groups excluding carboxylic acids is 3. The Morgan fingerprint density at radius 3 is 2.56 bits per heavy atom. The van der Waals surface area contributed by atoms with Crippen LogP contribution < -0.4 is 5.32 Å². The van der Waals surface area contributed by atoms with E-state index in [9.17, 15) is 14.4 Å². The predicted octanol–water partition coefficient (Wildman–Crippen LogP) is 4.66. The lowest BCUT2D eigenvalue weighted by Gasteiger charge is -2.14. The van der Waals surface area contributed by atoms with Crippen LogP contribution >= 0.6 is 24.0 Å². The van der Waals surface area contributed by atoms with Gasteiger partial charge in [0.15, 0.2) is 0 Å². The molecule has 1 N–H and O–H groups in total. The lowest BCUT2D eigenvalue weighted by Crippen LogP contribution is -2.29. The number of rotatable bonds is 8. The van der Waals surface area contributed by atoms with Crippen LogP contribution in [0.2, 0.25) is 0 Å². The number of thiocarbonyl (C=S) groups is 1. The highest BCUT2D eigenvalue weighted by atomic mass is 32.2. The van der Waals surface area contributed by atoms with Gasteiger partial charge in [-0.2, -0.15) is 0 Å². The molecule has 0 aromatic heterocycles. The number of thioether (sulfide) groups is 1. The third-order valence-corrected chi connectivity index (χ3v) is 6.34. The lowest BCUT2D eigenvalue weighted by molar-refractivity contribution is -0.122. The molecule has 0 spiro atoms. The third kappa shape index (κ3) is 5.83. The number of carbonyl (C=O) groups is 3. The highest BCUT2D eigenvalue weighted by molar-refractivity contribution is 8.26. The number of nitrogens with zero attached hydrogens (tertiary/aromatic N) is 1. The molecular formula is C24H24N2O4S2. The van der Waals surface area contributed by atoms with Gasteiger partial charge in [-0.3, -0.25) is 14.5 Å². The highest BCUT2D eigenvalue weighted by Crippen LogP contribution is 2.32. The van der Waals surface area contributed by atoms with Crippen LogP contribution in [0.25, 0.3) is 6.08 Å². The molecule has 0 aliphatic carbocycles. The van der Waals surface area contributed by atoms with Gasteiger partial charge in [0.1, 0.15) is 4.32 Å². The zero-order valence-electron chi connectivity index (χ0n) is 17.9. The summed E-state index contributed by atoms with van der Waals surface area (Å²) in [6, 6.07) is 14.5. The molecule has 2 aromatic rings. The zero-order chi connectivity index (χ0) is 23.1. The number of methoxy groups -OCH3 is 1. The number of nitrogens with one attached hydrogen (secondary N) is 1. The smallest absolute Gasteiger partial charge is 0.337 e. The van der Waals surface area contributed by atoms with Gasteiger partial charge in [0.05, 0.1) is 17.6 Å². The second-order valence-corrected chi connectivity index (χ2v) is 8.79. The second kappa shape index (κ2) is 11.1. The van der Waals surface area contributed by atoms with Crippen LogP contribution in [0.4, 0.5) is 5.69 Å². The fraction of sp³-hybridized carbons (Fsp3) is 0.250. The van der Waals surface area contributed by atoms with E-state index in [0.717, 1.165) is 23.2 Å². The first kappa shape index (κ1) is 23.7. The van der Waals surface area contributed by atoms with E-state index in [4.69, 9.17) is 12.2 Å². The van der Waals surface area contributed by atoms with Crippen molar-refractivity contribution in [2.24, 2.45) is 0 Å². The lowest BCUT2D eigenvalue weighted by atomic mass is 10.1. The number of aryl methyl sites for hydroxylation is 1. The molecule has 0 unspecified atom stereocenters. The van der Waals surface area contributed by atoms with Crippen molar-refractivity contribution in [2.75, 3.05) is 19.0 Å². The van der Waals surface area contributed by atoms with E-state index in [2.05, 4.69) is 10.1 Å². The number of benzene rings is 2. The van der Waals surface area contributed by atoms with E-state index in [1.54, 1.807) is 30.3 Å². The number of esters is 1. The average molecular weight is 469 g/mol. The van der Waals surface area contributed by atoms with Gasteiger partial charge in [0.25, 0.3) is 5.91 Å². The van der Waals surface area contributed by atoms with Gasteiger partial charge in [-0.1, -0.05) is 61.2 Å².